The number of methoxy groups -OCH3 is 1. The van der Waals surface area contributed by atoms with Crippen LogP contribution in [0.3, 0.4) is 0 Å². The van der Waals surface area contributed by atoms with Gasteiger partial charge in [-0.1, -0.05) is 12.1 Å². The van der Waals surface area contributed by atoms with Crippen molar-refractivity contribution in [1.29, 1.82) is 0 Å². The summed E-state index contributed by atoms with van der Waals surface area (Å²) in [6, 6.07) is 7.05. The smallest absolute Gasteiger partial charge is 0.234 e. The molecule has 0 bridgehead atoms. The predicted octanol–water partition coefficient (Wildman–Crippen LogP) is 0.659. The molecule has 1 aliphatic heterocycles. The van der Waals surface area contributed by atoms with Gasteiger partial charge < -0.3 is 15.2 Å². The van der Waals surface area contributed by atoms with Crippen molar-refractivity contribution < 1.29 is 17.9 Å². The third-order valence-corrected chi connectivity index (χ3v) is 3.54. The summed E-state index contributed by atoms with van der Waals surface area (Å²) in [6.07, 6.45) is 0. The van der Waals surface area contributed by atoms with E-state index in [-0.39, 0.29) is 12.3 Å². The van der Waals surface area contributed by atoms with Crippen LogP contribution in [0.25, 0.3) is 0 Å². The van der Waals surface area contributed by atoms with Gasteiger partial charge in [-0.2, -0.15) is 0 Å². The van der Waals surface area contributed by atoms with Crippen LogP contribution < -0.4 is 15.2 Å². The molecule has 0 spiro atoms. The molecule has 0 fully saturated rings. The van der Waals surface area contributed by atoms with Gasteiger partial charge in [-0.3, -0.25) is 0 Å². The number of ether oxygens (including phenoxy) is 2. The lowest BCUT2D eigenvalue weighted by Crippen LogP contribution is -2.18. The summed E-state index contributed by atoms with van der Waals surface area (Å²) in [6.45, 7) is 0.0142. The Hall–Kier alpha value is -2.02. The Kier molecular flexibility index (Phi) is 3.24. The van der Waals surface area contributed by atoms with Gasteiger partial charge in [-0.05, 0) is 12.1 Å². The minimum absolute atomic E-state index is 0.0142. The fourth-order valence-electron chi connectivity index (χ4n) is 1.43. The first-order valence-corrected chi connectivity index (χ1v) is 6.63. The topological polar surface area (TPSA) is 91.0 Å². The van der Waals surface area contributed by atoms with E-state index in [4.69, 9.17) is 15.2 Å². The number of para-hydroxylation sites is 2. The molecule has 0 saturated heterocycles. The molecule has 6 nitrogen and oxygen atoms in total. The molecule has 2 rings (SSSR count). The maximum Gasteiger partial charge on any atom is 0.234 e. The summed E-state index contributed by atoms with van der Waals surface area (Å²) in [5.41, 5.74) is 5.52. The number of nitrogens with zero attached hydrogens (tertiary/aromatic N) is 1. The second kappa shape index (κ2) is 4.69. The molecular formula is C11H12N2O4S. The van der Waals surface area contributed by atoms with E-state index in [9.17, 15) is 8.42 Å². The van der Waals surface area contributed by atoms with Crippen molar-refractivity contribution in [2.24, 2.45) is 10.7 Å². The average molecular weight is 268 g/mol. The number of rotatable bonds is 4. The summed E-state index contributed by atoms with van der Waals surface area (Å²) in [4.78, 5) is 3.71. The number of hydrogen-bond donors (Lipinski definition) is 1. The number of sulfone groups is 1. The Morgan fingerprint density at radius 2 is 1.94 bits per heavy atom. The van der Waals surface area contributed by atoms with E-state index in [1.165, 1.54) is 7.11 Å². The zero-order valence-corrected chi connectivity index (χ0v) is 10.5. The third kappa shape index (κ3) is 2.45. The highest BCUT2D eigenvalue weighted by atomic mass is 32.2. The van der Waals surface area contributed by atoms with E-state index >= 15 is 0 Å². The lowest BCUT2D eigenvalue weighted by atomic mass is 10.3. The molecule has 0 aliphatic carbocycles. The first-order valence-electron chi connectivity index (χ1n) is 5.08. The molecule has 1 aromatic carbocycles. The van der Waals surface area contributed by atoms with Crippen molar-refractivity contribution >= 4 is 15.0 Å². The van der Waals surface area contributed by atoms with Crippen molar-refractivity contribution in [1.82, 2.24) is 0 Å². The zero-order chi connectivity index (χ0) is 13.2. The Morgan fingerprint density at radius 1 is 1.28 bits per heavy atom. The highest BCUT2D eigenvalue weighted by Gasteiger charge is 2.22. The molecular weight excluding hydrogens is 256 g/mol. The van der Waals surface area contributed by atoms with Gasteiger partial charge >= 0.3 is 0 Å². The van der Waals surface area contributed by atoms with Crippen molar-refractivity contribution in [3.63, 3.8) is 0 Å². The molecule has 1 aliphatic rings. The molecule has 1 heterocycles. The lowest BCUT2D eigenvalue weighted by Gasteiger charge is -2.09. The van der Waals surface area contributed by atoms with Crippen molar-refractivity contribution in [3.05, 3.63) is 35.4 Å². The molecule has 0 saturated carbocycles. The fraction of sp³-hybridized carbons (Fsp3) is 0.182. The Bertz CT molecular complexity index is 620. The highest BCUT2D eigenvalue weighted by molar-refractivity contribution is 8.09. The van der Waals surface area contributed by atoms with Crippen molar-refractivity contribution in [2.45, 2.75) is 0 Å². The van der Waals surface area contributed by atoms with E-state index in [1.54, 1.807) is 24.3 Å². The predicted molar refractivity (Wildman–Crippen MR) is 67.1 cm³/mol. The Labute approximate surface area is 105 Å². The first kappa shape index (κ1) is 12.4. The second-order valence-corrected chi connectivity index (χ2v) is 5.29. The normalized spacial score (nSPS) is 16.9. The van der Waals surface area contributed by atoms with Gasteiger partial charge in [0.1, 0.15) is 6.61 Å². The number of benzene rings is 1. The van der Waals surface area contributed by atoms with Gasteiger partial charge in [0, 0.05) is 0 Å². The molecule has 1 aromatic rings. The van der Waals surface area contributed by atoms with Crippen LogP contribution in [0.5, 0.6) is 11.5 Å². The molecule has 0 atom stereocenters. The van der Waals surface area contributed by atoms with E-state index in [0.717, 1.165) is 5.41 Å². The van der Waals surface area contributed by atoms with Crippen molar-refractivity contribution in [3.8, 4) is 11.5 Å². The van der Waals surface area contributed by atoms with Crippen LogP contribution in [0.2, 0.25) is 0 Å². The minimum Gasteiger partial charge on any atom is -0.493 e. The van der Waals surface area contributed by atoms with E-state index in [2.05, 4.69) is 4.99 Å². The summed E-state index contributed by atoms with van der Waals surface area (Å²) >= 11 is 0. The van der Waals surface area contributed by atoms with Crippen LogP contribution in [-0.2, 0) is 9.84 Å². The van der Waals surface area contributed by atoms with Crippen LogP contribution >= 0.6 is 0 Å². The largest absolute Gasteiger partial charge is 0.493 e. The van der Waals surface area contributed by atoms with Gasteiger partial charge in [0.05, 0.1) is 18.2 Å². The zero-order valence-electron chi connectivity index (χ0n) is 9.66. The van der Waals surface area contributed by atoms with Crippen LogP contribution in [0.4, 0.5) is 0 Å². The van der Waals surface area contributed by atoms with E-state index in [0.29, 0.717) is 11.5 Å². The van der Waals surface area contributed by atoms with Gasteiger partial charge in [-0.15, -0.1) is 0 Å². The fourth-order valence-corrected chi connectivity index (χ4v) is 2.27. The molecule has 0 radical (unpaired) electrons. The SMILES string of the molecule is COc1ccccc1OCC1=CS(=O)(=O)C(N)=N1. The minimum atomic E-state index is -3.54. The average Bonchev–Trinajstić information content (AvgIpc) is 2.61. The van der Waals surface area contributed by atoms with Gasteiger partial charge in [0.25, 0.3) is 0 Å². The second-order valence-electron chi connectivity index (χ2n) is 3.54. The summed E-state index contributed by atoms with van der Waals surface area (Å²) in [7, 11) is -2.01. The number of hydrogen-bond acceptors (Lipinski definition) is 6. The molecule has 2 N–H and O–H groups in total. The maximum atomic E-state index is 11.3. The summed E-state index contributed by atoms with van der Waals surface area (Å²) in [5, 5.41) is 0.596. The van der Waals surface area contributed by atoms with E-state index < -0.39 is 15.0 Å². The Morgan fingerprint density at radius 3 is 2.50 bits per heavy atom. The molecule has 7 heteroatoms. The molecule has 0 amide bonds. The standard InChI is InChI=1S/C11H12N2O4S/c1-16-9-4-2-3-5-10(9)17-6-8-7-18(14,15)11(12)13-8/h2-5,7H,6H2,1H3,(H2,12,13). The number of amidine groups is 1. The summed E-state index contributed by atoms with van der Waals surface area (Å²) < 4.78 is 33.1. The van der Waals surface area contributed by atoms with Crippen LogP contribution in [0.1, 0.15) is 0 Å². The van der Waals surface area contributed by atoms with Crippen molar-refractivity contribution in [2.75, 3.05) is 13.7 Å². The van der Waals surface area contributed by atoms with Crippen LogP contribution in [0, 0.1) is 0 Å². The summed E-state index contributed by atoms with van der Waals surface area (Å²) in [5.74, 6) is 1.08. The van der Waals surface area contributed by atoms with Gasteiger partial charge in [0.15, 0.2) is 11.5 Å². The third-order valence-electron chi connectivity index (χ3n) is 2.28. The molecule has 0 unspecified atom stereocenters. The number of nitrogens with two attached hydrogens (primary N) is 1. The highest BCUT2D eigenvalue weighted by Crippen LogP contribution is 2.26. The van der Waals surface area contributed by atoms with E-state index in [1.807, 2.05) is 0 Å². The molecule has 18 heavy (non-hydrogen) atoms. The van der Waals surface area contributed by atoms with Crippen LogP contribution in [0.15, 0.2) is 40.4 Å². The molecule has 96 valence electrons. The Balaban J connectivity index is 2.10. The lowest BCUT2D eigenvalue weighted by molar-refractivity contribution is 0.319. The quantitative estimate of drug-likeness (QED) is 0.866. The van der Waals surface area contributed by atoms with Gasteiger partial charge in [-0.25, -0.2) is 13.4 Å². The maximum absolute atomic E-state index is 11.3. The molecule has 0 aromatic heterocycles. The first-order chi connectivity index (χ1) is 8.53. The van der Waals surface area contributed by atoms with Crippen LogP contribution in [-0.4, -0.2) is 27.3 Å². The monoisotopic (exact) mass is 268 g/mol. The number of aliphatic imine (C=N–C) groups is 1. The van der Waals surface area contributed by atoms with Gasteiger partial charge in [0.2, 0.25) is 15.0 Å².